The van der Waals surface area contributed by atoms with Crippen LogP contribution in [0.3, 0.4) is 0 Å². The zero-order chi connectivity index (χ0) is 33.8. The summed E-state index contributed by atoms with van der Waals surface area (Å²) in [6.45, 7) is 5.79. The molecule has 50 heavy (non-hydrogen) atoms. The average Bonchev–Trinajstić information content (AvgIpc) is 3.40. The number of hydrogen-bond acceptors (Lipinski definition) is 4. The van der Waals surface area contributed by atoms with E-state index in [1.807, 2.05) is 12.1 Å². The quantitative estimate of drug-likeness (QED) is 0.195. The number of anilines is 2. The summed E-state index contributed by atoms with van der Waals surface area (Å²) < 4.78 is 6.37. The fourth-order valence-electron chi connectivity index (χ4n) is 8.26. The van der Waals surface area contributed by atoms with E-state index in [9.17, 15) is 5.26 Å². The van der Waals surface area contributed by atoms with E-state index in [-0.39, 0.29) is 11.5 Å². The molecule has 1 aromatic heterocycles. The van der Waals surface area contributed by atoms with Crippen molar-refractivity contribution in [2.75, 3.05) is 11.5 Å². The summed E-state index contributed by atoms with van der Waals surface area (Å²) in [5, 5.41) is 9.67. The van der Waals surface area contributed by atoms with Crippen LogP contribution in [0.1, 0.15) is 48.1 Å². The van der Waals surface area contributed by atoms with Crippen LogP contribution in [0.5, 0.6) is 0 Å². The van der Waals surface area contributed by atoms with Crippen molar-refractivity contribution in [1.29, 1.82) is 5.26 Å². The van der Waals surface area contributed by atoms with Crippen LogP contribution >= 0.6 is 0 Å². The van der Waals surface area contributed by atoms with Gasteiger partial charge in [0.15, 0.2) is 0 Å². The molecule has 0 saturated heterocycles. The molecule has 4 aromatic carbocycles. The number of fused-ring (bicyclic) bond motifs is 5. The molecule has 5 aromatic rings. The number of pyridine rings is 1. The number of nitrogens with zero attached hydrogens (tertiary/aromatic N) is 3. The van der Waals surface area contributed by atoms with Gasteiger partial charge in [-0.25, -0.2) is 4.98 Å². The van der Waals surface area contributed by atoms with Gasteiger partial charge in [-0.1, -0.05) is 111 Å². The third-order valence-corrected chi connectivity index (χ3v) is 10.9. The van der Waals surface area contributed by atoms with Crippen LogP contribution in [0.25, 0.3) is 33.7 Å². The molecule has 0 N–H and O–H groups in total. The highest BCUT2D eigenvalue weighted by molar-refractivity contribution is 5.94. The lowest BCUT2D eigenvalue weighted by molar-refractivity contribution is 0.146. The minimum atomic E-state index is -0.245. The SMILES string of the molecule is CC1C=CC=C2c3cc(C#N)ccc3N(c3ccc4c(c3)COCC3=C4CC(C)(c4cc(-c5ccccc5)nc(-c5ccccc5)c4)C=C3)C21. The van der Waals surface area contributed by atoms with Crippen molar-refractivity contribution in [3.05, 3.63) is 173 Å². The van der Waals surface area contributed by atoms with Crippen molar-refractivity contribution < 1.29 is 4.74 Å². The van der Waals surface area contributed by atoms with Crippen LogP contribution in [0, 0.1) is 17.2 Å². The van der Waals surface area contributed by atoms with Crippen LogP contribution in [-0.2, 0) is 16.8 Å². The third kappa shape index (κ3) is 5.05. The molecule has 3 heterocycles. The predicted octanol–water partition coefficient (Wildman–Crippen LogP) is 10.6. The van der Waals surface area contributed by atoms with Crippen LogP contribution in [0.15, 0.2) is 145 Å². The largest absolute Gasteiger partial charge is 0.372 e. The van der Waals surface area contributed by atoms with Gasteiger partial charge in [-0.2, -0.15) is 5.26 Å². The van der Waals surface area contributed by atoms with E-state index in [0.717, 1.165) is 45.9 Å². The second-order valence-corrected chi connectivity index (χ2v) is 14.1. The Morgan fingerprint density at radius 3 is 2.30 bits per heavy atom. The number of nitriles is 1. The van der Waals surface area contributed by atoms with Gasteiger partial charge in [0, 0.05) is 33.5 Å². The molecule has 4 nitrogen and oxygen atoms in total. The van der Waals surface area contributed by atoms with Crippen molar-refractivity contribution in [1.82, 2.24) is 4.98 Å². The van der Waals surface area contributed by atoms with E-state index in [1.165, 1.54) is 33.4 Å². The average molecular weight is 648 g/mol. The Kier molecular flexibility index (Phi) is 7.26. The number of hydrogen-bond donors (Lipinski definition) is 0. The van der Waals surface area contributed by atoms with E-state index >= 15 is 0 Å². The molecular formula is C46H37N3O. The maximum Gasteiger partial charge on any atom is 0.0991 e. The second kappa shape index (κ2) is 12.0. The highest BCUT2D eigenvalue weighted by Gasteiger charge is 2.39. The molecule has 242 valence electrons. The molecule has 9 rings (SSSR count). The van der Waals surface area contributed by atoms with Gasteiger partial charge in [-0.3, -0.25) is 0 Å². The van der Waals surface area contributed by atoms with Crippen molar-refractivity contribution in [2.45, 2.75) is 38.3 Å². The van der Waals surface area contributed by atoms with E-state index in [1.54, 1.807) is 0 Å². The lowest BCUT2D eigenvalue weighted by atomic mass is 9.71. The zero-order valence-corrected chi connectivity index (χ0v) is 28.3. The summed E-state index contributed by atoms with van der Waals surface area (Å²) in [5.74, 6) is 0.323. The van der Waals surface area contributed by atoms with Crippen molar-refractivity contribution >= 4 is 22.5 Å². The highest BCUT2D eigenvalue weighted by atomic mass is 16.5. The number of rotatable bonds is 4. The Labute approximate surface area is 294 Å². The molecule has 0 amide bonds. The molecule has 0 radical (unpaired) electrons. The molecule has 4 heteroatoms. The number of aromatic nitrogens is 1. The predicted molar refractivity (Wildman–Crippen MR) is 203 cm³/mol. The molecule has 0 fully saturated rings. The van der Waals surface area contributed by atoms with Crippen molar-refractivity contribution in [2.24, 2.45) is 5.92 Å². The van der Waals surface area contributed by atoms with Crippen molar-refractivity contribution in [3.8, 4) is 28.6 Å². The van der Waals surface area contributed by atoms with Gasteiger partial charge in [0.1, 0.15) is 0 Å². The first kappa shape index (κ1) is 30.3. The minimum absolute atomic E-state index is 0.175. The van der Waals surface area contributed by atoms with Gasteiger partial charge in [0.2, 0.25) is 0 Å². The van der Waals surface area contributed by atoms with Crippen LogP contribution in [0.4, 0.5) is 11.4 Å². The first-order valence-electron chi connectivity index (χ1n) is 17.5. The standard InChI is InChI=1S/C46H37N3O/c1-30-10-9-15-39-40-22-31(27-47)16-19-44(40)49(45(30)39)37-17-18-38-35(23-37)29-50-28-34-20-21-46(2,26-41(34)38)36-24-42(32-11-5-3-6-12-32)48-43(25-36)33-13-7-4-8-14-33/h3-25,30,45H,26,28-29H2,1-2H3. The number of ether oxygens (including phenoxy) is 1. The summed E-state index contributed by atoms with van der Waals surface area (Å²) in [5.41, 5.74) is 15.7. The molecule has 2 aliphatic heterocycles. The molecule has 0 saturated carbocycles. The lowest BCUT2D eigenvalue weighted by Crippen LogP contribution is -2.33. The van der Waals surface area contributed by atoms with Gasteiger partial charge < -0.3 is 9.64 Å². The highest BCUT2D eigenvalue weighted by Crippen LogP contribution is 2.51. The Morgan fingerprint density at radius 1 is 0.840 bits per heavy atom. The second-order valence-electron chi connectivity index (χ2n) is 14.1. The summed E-state index contributed by atoms with van der Waals surface area (Å²) in [4.78, 5) is 7.62. The van der Waals surface area contributed by atoms with Crippen LogP contribution in [-0.4, -0.2) is 17.6 Å². The van der Waals surface area contributed by atoms with E-state index in [4.69, 9.17) is 9.72 Å². The number of allylic oxidation sites excluding steroid dienone is 4. The Balaban J connectivity index is 1.11. The molecule has 0 bridgehead atoms. The third-order valence-electron chi connectivity index (χ3n) is 10.9. The summed E-state index contributed by atoms with van der Waals surface area (Å²) in [6, 6.07) is 41.1. The maximum absolute atomic E-state index is 9.67. The first-order valence-corrected chi connectivity index (χ1v) is 17.5. The molecular weight excluding hydrogens is 611 g/mol. The summed E-state index contributed by atoms with van der Waals surface area (Å²) >= 11 is 0. The zero-order valence-electron chi connectivity index (χ0n) is 28.3. The fourth-order valence-corrected chi connectivity index (χ4v) is 8.26. The van der Waals surface area contributed by atoms with Crippen LogP contribution in [0.2, 0.25) is 0 Å². The molecule has 3 unspecified atom stereocenters. The Morgan fingerprint density at radius 2 is 1.58 bits per heavy atom. The molecule has 2 aliphatic carbocycles. The van der Waals surface area contributed by atoms with Gasteiger partial charge in [0.25, 0.3) is 0 Å². The van der Waals surface area contributed by atoms with Crippen molar-refractivity contribution in [3.63, 3.8) is 0 Å². The smallest absolute Gasteiger partial charge is 0.0991 e. The van der Waals surface area contributed by atoms with E-state index in [2.05, 4.69) is 152 Å². The maximum atomic E-state index is 9.67. The first-order chi connectivity index (χ1) is 24.5. The Bertz CT molecular complexity index is 2270. The Hall–Kier alpha value is -5.76. The summed E-state index contributed by atoms with van der Waals surface area (Å²) in [6.07, 6.45) is 12.2. The molecule has 4 aliphatic rings. The van der Waals surface area contributed by atoms with Crippen LogP contribution < -0.4 is 4.90 Å². The van der Waals surface area contributed by atoms with E-state index < -0.39 is 0 Å². The van der Waals surface area contributed by atoms with Gasteiger partial charge in [-0.15, -0.1) is 0 Å². The van der Waals surface area contributed by atoms with Gasteiger partial charge in [-0.05, 0) is 88.2 Å². The van der Waals surface area contributed by atoms with Gasteiger partial charge >= 0.3 is 0 Å². The van der Waals surface area contributed by atoms with Gasteiger partial charge in [0.05, 0.1) is 42.3 Å². The number of benzene rings is 4. The topological polar surface area (TPSA) is 49.2 Å². The molecule has 0 spiro atoms. The monoisotopic (exact) mass is 647 g/mol. The fraction of sp³-hybridized carbons (Fsp3) is 0.174. The lowest BCUT2D eigenvalue weighted by Gasteiger charge is -2.34. The molecule has 3 atom stereocenters. The normalized spacial score (nSPS) is 21.8. The van der Waals surface area contributed by atoms with E-state index in [0.29, 0.717) is 24.7 Å². The minimum Gasteiger partial charge on any atom is -0.372 e. The summed E-state index contributed by atoms with van der Waals surface area (Å²) in [7, 11) is 0.